The molecule has 1 aromatic heterocycles. The van der Waals surface area contributed by atoms with Gasteiger partial charge in [0.2, 0.25) is 11.8 Å². The van der Waals surface area contributed by atoms with Gasteiger partial charge in [0.05, 0.1) is 7.11 Å². The van der Waals surface area contributed by atoms with Crippen LogP contribution >= 0.6 is 0 Å². The Morgan fingerprint density at radius 1 is 1.36 bits per heavy atom. The lowest BCUT2D eigenvalue weighted by molar-refractivity contribution is 0.210. The Labute approximate surface area is 82.4 Å². The van der Waals surface area contributed by atoms with Crippen molar-refractivity contribution in [1.82, 2.24) is 15.5 Å². The third kappa shape index (κ3) is 2.11. The van der Waals surface area contributed by atoms with Gasteiger partial charge in [-0.05, 0) is 13.0 Å². The molecule has 2 heterocycles. The lowest BCUT2D eigenvalue weighted by Gasteiger charge is -2.10. The summed E-state index contributed by atoms with van der Waals surface area (Å²) in [5.41, 5.74) is 0. The molecule has 1 fully saturated rings. The van der Waals surface area contributed by atoms with E-state index < -0.39 is 0 Å². The number of ether oxygens (including phenoxy) is 2. The highest BCUT2D eigenvalue weighted by atomic mass is 16.5. The fourth-order valence-electron chi connectivity index (χ4n) is 1.38. The molecule has 1 aliphatic heterocycles. The summed E-state index contributed by atoms with van der Waals surface area (Å²) in [7, 11) is 1.56. The highest BCUT2D eigenvalue weighted by Crippen LogP contribution is 2.13. The summed E-state index contributed by atoms with van der Waals surface area (Å²) >= 11 is 0. The standard InChI is InChI=1S/C9H13N3O2/c1-13-8-2-3-9(12-11-8)14-7-4-5-10-6-7/h2-3,7,10H,4-6H2,1H3. The number of aromatic nitrogens is 2. The second-order valence-electron chi connectivity index (χ2n) is 3.15. The Morgan fingerprint density at radius 3 is 2.71 bits per heavy atom. The van der Waals surface area contributed by atoms with Gasteiger partial charge in [0.25, 0.3) is 0 Å². The maximum atomic E-state index is 5.58. The van der Waals surface area contributed by atoms with Crippen molar-refractivity contribution in [3.05, 3.63) is 12.1 Å². The maximum Gasteiger partial charge on any atom is 0.233 e. The molecular formula is C9H13N3O2. The third-order valence-corrected chi connectivity index (χ3v) is 2.13. The number of nitrogens with one attached hydrogen (secondary N) is 1. The quantitative estimate of drug-likeness (QED) is 0.748. The first-order valence-electron chi connectivity index (χ1n) is 4.63. The van der Waals surface area contributed by atoms with Crippen LogP contribution < -0.4 is 14.8 Å². The minimum absolute atomic E-state index is 0.220. The highest BCUT2D eigenvalue weighted by Gasteiger charge is 2.16. The second-order valence-corrected chi connectivity index (χ2v) is 3.15. The number of hydrogen-bond acceptors (Lipinski definition) is 5. The zero-order valence-electron chi connectivity index (χ0n) is 8.06. The molecule has 0 aromatic carbocycles. The third-order valence-electron chi connectivity index (χ3n) is 2.13. The van der Waals surface area contributed by atoms with Crippen molar-refractivity contribution in [2.75, 3.05) is 20.2 Å². The van der Waals surface area contributed by atoms with Crippen LogP contribution in [0.2, 0.25) is 0 Å². The van der Waals surface area contributed by atoms with Crippen molar-refractivity contribution in [3.63, 3.8) is 0 Å². The topological polar surface area (TPSA) is 56.3 Å². The maximum absolute atomic E-state index is 5.58. The number of rotatable bonds is 3. The van der Waals surface area contributed by atoms with Crippen molar-refractivity contribution >= 4 is 0 Å². The molecule has 5 nitrogen and oxygen atoms in total. The van der Waals surface area contributed by atoms with Gasteiger partial charge in [0, 0.05) is 18.7 Å². The summed E-state index contributed by atoms with van der Waals surface area (Å²) < 4.78 is 10.5. The summed E-state index contributed by atoms with van der Waals surface area (Å²) in [6.07, 6.45) is 1.24. The molecule has 0 bridgehead atoms. The summed E-state index contributed by atoms with van der Waals surface area (Å²) in [6.45, 7) is 1.89. The monoisotopic (exact) mass is 195 g/mol. The Bertz CT molecular complexity index is 283. The highest BCUT2D eigenvalue weighted by molar-refractivity contribution is 5.15. The Hall–Kier alpha value is -1.36. The summed E-state index contributed by atoms with van der Waals surface area (Å²) in [5, 5.41) is 10.9. The van der Waals surface area contributed by atoms with E-state index in [0.717, 1.165) is 19.5 Å². The summed E-state index contributed by atoms with van der Waals surface area (Å²) in [5.74, 6) is 1.06. The number of methoxy groups -OCH3 is 1. The molecule has 0 amide bonds. The molecule has 0 aliphatic carbocycles. The largest absolute Gasteiger partial charge is 0.480 e. The van der Waals surface area contributed by atoms with E-state index >= 15 is 0 Å². The lowest BCUT2D eigenvalue weighted by atomic mass is 10.3. The molecule has 2 rings (SSSR count). The Balaban J connectivity index is 1.95. The van der Waals surface area contributed by atoms with Crippen LogP contribution in [0.5, 0.6) is 11.8 Å². The molecule has 14 heavy (non-hydrogen) atoms. The van der Waals surface area contributed by atoms with E-state index in [-0.39, 0.29) is 6.10 Å². The Morgan fingerprint density at radius 2 is 2.14 bits per heavy atom. The predicted molar refractivity (Wildman–Crippen MR) is 50.5 cm³/mol. The van der Waals surface area contributed by atoms with Gasteiger partial charge in [-0.25, -0.2) is 0 Å². The van der Waals surface area contributed by atoms with Crippen LogP contribution in [0.1, 0.15) is 6.42 Å². The van der Waals surface area contributed by atoms with E-state index in [1.165, 1.54) is 0 Å². The predicted octanol–water partition coefficient (Wildman–Crippen LogP) is 0.226. The van der Waals surface area contributed by atoms with Crippen LogP contribution in [-0.4, -0.2) is 36.5 Å². The van der Waals surface area contributed by atoms with Crippen molar-refractivity contribution < 1.29 is 9.47 Å². The lowest BCUT2D eigenvalue weighted by Crippen LogP contribution is -2.20. The van der Waals surface area contributed by atoms with Gasteiger partial charge in [0.15, 0.2) is 0 Å². The SMILES string of the molecule is COc1ccc(OC2CCNC2)nn1. The van der Waals surface area contributed by atoms with Crippen LogP contribution in [0.15, 0.2) is 12.1 Å². The smallest absolute Gasteiger partial charge is 0.233 e. The van der Waals surface area contributed by atoms with E-state index in [4.69, 9.17) is 9.47 Å². The van der Waals surface area contributed by atoms with Gasteiger partial charge in [-0.1, -0.05) is 0 Å². The van der Waals surface area contributed by atoms with Gasteiger partial charge in [-0.2, -0.15) is 0 Å². The first kappa shape index (κ1) is 9.21. The molecule has 0 radical (unpaired) electrons. The van der Waals surface area contributed by atoms with Gasteiger partial charge in [-0.15, -0.1) is 10.2 Å². The first-order valence-corrected chi connectivity index (χ1v) is 4.63. The minimum atomic E-state index is 0.220. The molecule has 0 spiro atoms. The fraction of sp³-hybridized carbons (Fsp3) is 0.556. The molecule has 5 heteroatoms. The van der Waals surface area contributed by atoms with Crippen LogP contribution in [0.4, 0.5) is 0 Å². The van der Waals surface area contributed by atoms with E-state index in [2.05, 4.69) is 15.5 Å². The molecule has 1 saturated heterocycles. The van der Waals surface area contributed by atoms with Gasteiger partial charge in [-0.3, -0.25) is 0 Å². The molecular weight excluding hydrogens is 182 g/mol. The average Bonchev–Trinajstić information content (AvgIpc) is 2.72. The van der Waals surface area contributed by atoms with E-state index in [1.807, 2.05) is 0 Å². The van der Waals surface area contributed by atoms with E-state index in [1.54, 1.807) is 19.2 Å². The molecule has 76 valence electrons. The first-order chi connectivity index (χ1) is 6.88. The van der Waals surface area contributed by atoms with E-state index in [0.29, 0.717) is 11.8 Å². The zero-order chi connectivity index (χ0) is 9.80. The van der Waals surface area contributed by atoms with Gasteiger partial charge >= 0.3 is 0 Å². The van der Waals surface area contributed by atoms with Gasteiger partial charge in [0.1, 0.15) is 6.10 Å². The molecule has 1 unspecified atom stereocenters. The molecule has 1 aliphatic rings. The molecule has 1 atom stereocenters. The van der Waals surface area contributed by atoms with Crippen LogP contribution in [0.3, 0.4) is 0 Å². The summed E-state index contributed by atoms with van der Waals surface area (Å²) in [6, 6.07) is 3.51. The zero-order valence-corrected chi connectivity index (χ0v) is 8.06. The number of nitrogens with zero attached hydrogens (tertiary/aromatic N) is 2. The summed E-state index contributed by atoms with van der Waals surface area (Å²) in [4.78, 5) is 0. The second kappa shape index (κ2) is 4.23. The van der Waals surface area contributed by atoms with E-state index in [9.17, 15) is 0 Å². The average molecular weight is 195 g/mol. The Kier molecular flexibility index (Phi) is 2.78. The van der Waals surface area contributed by atoms with Crippen LogP contribution in [-0.2, 0) is 0 Å². The van der Waals surface area contributed by atoms with Crippen molar-refractivity contribution in [2.24, 2.45) is 0 Å². The minimum Gasteiger partial charge on any atom is -0.480 e. The fourth-order valence-corrected chi connectivity index (χ4v) is 1.38. The molecule has 1 N–H and O–H groups in total. The normalized spacial score (nSPS) is 20.8. The number of hydrogen-bond donors (Lipinski definition) is 1. The molecule has 1 aromatic rings. The van der Waals surface area contributed by atoms with Gasteiger partial charge < -0.3 is 14.8 Å². The van der Waals surface area contributed by atoms with Crippen LogP contribution in [0, 0.1) is 0 Å². The van der Waals surface area contributed by atoms with Crippen molar-refractivity contribution in [1.29, 1.82) is 0 Å². The van der Waals surface area contributed by atoms with Crippen molar-refractivity contribution in [3.8, 4) is 11.8 Å². The van der Waals surface area contributed by atoms with Crippen LogP contribution in [0.25, 0.3) is 0 Å². The van der Waals surface area contributed by atoms with Crippen molar-refractivity contribution in [2.45, 2.75) is 12.5 Å². The molecule has 0 saturated carbocycles.